The molecule has 0 bridgehead atoms. The molecular weight excluding hydrogens is 362 g/mol. The summed E-state index contributed by atoms with van der Waals surface area (Å²) in [6.07, 6.45) is 2.09. The SMILES string of the molecule is O=C(CS(=O)(=O)c1cc(Br)ccc1C(=O)O)NCC1CC1. The molecule has 1 amide bonds. The summed E-state index contributed by atoms with van der Waals surface area (Å²) >= 11 is 3.10. The molecule has 1 aliphatic carbocycles. The Morgan fingerprint density at radius 3 is 2.57 bits per heavy atom. The van der Waals surface area contributed by atoms with Crippen LogP contribution in [0.3, 0.4) is 0 Å². The fourth-order valence-corrected chi connectivity index (χ4v) is 3.72. The van der Waals surface area contributed by atoms with Crippen LogP contribution in [0, 0.1) is 5.92 Å². The molecule has 21 heavy (non-hydrogen) atoms. The Labute approximate surface area is 130 Å². The maximum absolute atomic E-state index is 12.2. The summed E-state index contributed by atoms with van der Waals surface area (Å²) in [5.41, 5.74) is -0.340. The van der Waals surface area contributed by atoms with E-state index in [1.54, 1.807) is 0 Å². The molecule has 1 aliphatic rings. The van der Waals surface area contributed by atoms with Crippen molar-refractivity contribution in [2.24, 2.45) is 5.92 Å². The highest BCUT2D eigenvalue weighted by Crippen LogP contribution is 2.27. The second-order valence-corrected chi connectivity index (χ2v) is 7.83. The van der Waals surface area contributed by atoms with Gasteiger partial charge in [0.1, 0.15) is 5.75 Å². The number of carbonyl (C=O) groups excluding carboxylic acids is 1. The summed E-state index contributed by atoms with van der Waals surface area (Å²) in [6.45, 7) is 0.471. The highest BCUT2D eigenvalue weighted by atomic mass is 79.9. The van der Waals surface area contributed by atoms with Crippen molar-refractivity contribution in [1.82, 2.24) is 5.32 Å². The number of hydrogen-bond acceptors (Lipinski definition) is 4. The molecule has 0 spiro atoms. The second kappa shape index (κ2) is 6.15. The average molecular weight is 376 g/mol. The topological polar surface area (TPSA) is 101 Å². The van der Waals surface area contributed by atoms with Gasteiger partial charge in [0.05, 0.1) is 10.5 Å². The Bertz CT molecular complexity index is 682. The fourth-order valence-electron chi connectivity index (χ4n) is 1.81. The molecule has 0 atom stereocenters. The molecule has 2 rings (SSSR count). The summed E-state index contributed by atoms with van der Waals surface area (Å²) in [4.78, 5) is 22.4. The minimum absolute atomic E-state index is 0.340. The van der Waals surface area contributed by atoms with E-state index in [1.165, 1.54) is 18.2 Å². The predicted octanol–water partition coefficient (Wildman–Crippen LogP) is 1.45. The molecule has 1 aromatic carbocycles. The molecule has 0 radical (unpaired) electrons. The lowest BCUT2D eigenvalue weighted by Gasteiger charge is -2.09. The zero-order valence-electron chi connectivity index (χ0n) is 11.0. The zero-order chi connectivity index (χ0) is 15.6. The third-order valence-corrected chi connectivity index (χ3v) is 5.26. The van der Waals surface area contributed by atoms with E-state index >= 15 is 0 Å². The van der Waals surface area contributed by atoms with Crippen molar-refractivity contribution in [3.63, 3.8) is 0 Å². The number of carboxylic acids is 1. The smallest absolute Gasteiger partial charge is 0.337 e. The Morgan fingerprint density at radius 2 is 2.00 bits per heavy atom. The van der Waals surface area contributed by atoms with Crippen LogP contribution in [0.1, 0.15) is 23.2 Å². The molecule has 0 unspecified atom stereocenters. The maximum atomic E-state index is 12.2. The first-order valence-corrected chi connectivity index (χ1v) is 8.76. The van der Waals surface area contributed by atoms with Gasteiger partial charge in [-0.2, -0.15) is 0 Å². The van der Waals surface area contributed by atoms with Crippen molar-refractivity contribution in [2.75, 3.05) is 12.3 Å². The van der Waals surface area contributed by atoms with Gasteiger partial charge in [-0.15, -0.1) is 0 Å². The van der Waals surface area contributed by atoms with Crippen LogP contribution in [0.25, 0.3) is 0 Å². The predicted molar refractivity (Wildman–Crippen MR) is 78.9 cm³/mol. The standard InChI is InChI=1S/C13H14BrNO5S/c14-9-3-4-10(13(17)18)11(5-9)21(19,20)7-12(16)15-6-8-1-2-8/h3-5,8H,1-2,6-7H2,(H,15,16)(H,17,18). The number of rotatable bonds is 6. The van der Waals surface area contributed by atoms with Crippen molar-refractivity contribution in [3.05, 3.63) is 28.2 Å². The highest BCUT2D eigenvalue weighted by Gasteiger charge is 2.27. The van der Waals surface area contributed by atoms with Gasteiger partial charge in [0, 0.05) is 11.0 Å². The maximum Gasteiger partial charge on any atom is 0.337 e. The molecular formula is C13H14BrNO5S. The van der Waals surface area contributed by atoms with Crippen molar-refractivity contribution >= 4 is 37.6 Å². The van der Waals surface area contributed by atoms with Gasteiger partial charge < -0.3 is 10.4 Å². The number of benzene rings is 1. The lowest BCUT2D eigenvalue weighted by Crippen LogP contribution is -2.32. The van der Waals surface area contributed by atoms with Gasteiger partial charge in [0.15, 0.2) is 9.84 Å². The van der Waals surface area contributed by atoms with Crippen molar-refractivity contribution in [1.29, 1.82) is 0 Å². The first-order valence-electron chi connectivity index (χ1n) is 6.32. The number of amides is 1. The molecule has 0 aliphatic heterocycles. The van der Waals surface area contributed by atoms with E-state index in [0.29, 0.717) is 16.9 Å². The Morgan fingerprint density at radius 1 is 1.33 bits per heavy atom. The van der Waals surface area contributed by atoms with E-state index < -0.39 is 27.5 Å². The van der Waals surface area contributed by atoms with E-state index in [9.17, 15) is 18.0 Å². The minimum atomic E-state index is -4.01. The first kappa shape index (κ1) is 16.0. The normalized spacial score (nSPS) is 14.7. The average Bonchev–Trinajstić information content (AvgIpc) is 3.19. The lowest BCUT2D eigenvalue weighted by molar-refractivity contribution is -0.118. The number of carbonyl (C=O) groups is 2. The quantitative estimate of drug-likeness (QED) is 0.783. The van der Waals surface area contributed by atoms with Gasteiger partial charge >= 0.3 is 5.97 Å². The second-order valence-electron chi connectivity index (χ2n) is 4.95. The largest absolute Gasteiger partial charge is 0.478 e. The number of nitrogens with one attached hydrogen (secondary N) is 1. The van der Waals surface area contributed by atoms with Crippen LogP contribution in [0.4, 0.5) is 0 Å². The van der Waals surface area contributed by atoms with Crippen LogP contribution < -0.4 is 5.32 Å². The van der Waals surface area contributed by atoms with Crippen LogP contribution in [0.5, 0.6) is 0 Å². The highest BCUT2D eigenvalue weighted by molar-refractivity contribution is 9.10. The zero-order valence-corrected chi connectivity index (χ0v) is 13.4. The van der Waals surface area contributed by atoms with Crippen LogP contribution >= 0.6 is 15.9 Å². The molecule has 1 fully saturated rings. The minimum Gasteiger partial charge on any atom is -0.478 e. The monoisotopic (exact) mass is 375 g/mol. The summed E-state index contributed by atoms with van der Waals surface area (Å²) in [7, 11) is -4.01. The van der Waals surface area contributed by atoms with Crippen LogP contribution in [0.2, 0.25) is 0 Å². The van der Waals surface area contributed by atoms with Gasteiger partial charge in [-0.3, -0.25) is 4.79 Å². The summed E-state index contributed by atoms with van der Waals surface area (Å²) in [6, 6.07) is 3.84. The molecule has 6 nitrogen and oxygen atoms in total. The Balaban J connectivity index is 2.19. The summed E-state index contributed by atoms with van der Waals surface area (Å²) in [5.74, 6) is -2.27. The molecule has 0 heterocycles. The van der Waals surface area contributed by atoms with Gasteiger partial charge in [-0.05, 0) is 37.0 Å². The number of halogens is 1. The van der Waals surface area contributed by atoms with E-state index in [-0.39, 0.29) is 10.5 Å². The molecule has 1 aromatic rings. The van der Waals surface area contributed by atoms with Gasteiger partial charge in [-0.1, -0.05) is 15.9 Å². The number of carboxylic acid groups (broad SMARTS) is 1. The molecule has 8 heteroatoms. The summed E-state index contributed by atoms with van der Waals surface area (Å²) < 4.78 is 24.9. The lowest BCUT2D eigenvalue weighted by atomic mass is 10.2. The number of aromatic carboxylic acids is 1. The van der Waals surface area contributed by atoms with Crippen molar-refractivity contribution in [2.45, 2.75) is 17.7 Å². The van der Waals surface area contributed by atoms with E-state index in [1.807, 2.05) is 0 Å². The van der Waals surface area contributed by atoms with E-state index in [2.05, 4.69) is 21.2 Å². The van der Waals surface area contributed by atoms with Gasteiger partial charge in [-0.25, -0.2) is 13.2 Å². The van der Waals surface area contributed by atoms with Crippen molar-refractivity contribution in [3.8, 4) is 0 Å². The third-order valence-electron chi connectivity index (χ3n) is 3.12. The van der Waals surface area contributed by atoms with Gasteiger partial charge in [0.2, 0.25) is 5.91 Å². The first-order chi connectivity index (χ1) is 9.79. The Hall–Kier alpha value is -1.41. The Kier molecular flexibility index (Phi) is 4.67. The number of sulfone groups is 1. The van der Waals surface area contributed by atoms with Crippen LogP contribution in [-0.2, 0) is 14.6 Å². The summed E-state index contributed by atoms with van der Waals surface area (Å²) in [5, 5.41) is 11.6. The molecule has 1 saturated carbocycles. The van der Waals surface area contributed by atoms with Gasteiger partial charge in [0.25, 0.3) is 0 Å². The fraction of sp³-hybridized carbons (Fsp3) is 0.385. The molecule has 2 N–H and O–H groups in total. The third kappa shape index (κ3) is 4.28. The van der Waals surface area contributed by atoms with Crippen molar-refractivity contribution < 1.29 is 23.1 Å². The van der Waals surface area contributed by atoms with E-state index in [0.717, 1.165) is 12.8 Å². The molecule has 0 aromatic heterocycles. The molecule has 0 saturated heterocycles. The van der Waals surface area contributed by atoms with E-state index in [4.69, 9.17) is 5.11 Å². The number of hydrogen-bond donors (Lipinski definition) is 2. The van der Waals surface area contributed by atoms with Crippen LogP contribution in [-0.4, -0.2) is 37.7 Å². The molecule has 114 valence electrons. The van der Waals surface area contributed by atoms with Crippen LogP contribution in [0.15, 0.2) is 27.6 Å².